The first-order chi connectivity index (χ1) is 14.0. The highest BCUT2D eigenvalue weighted by atomic mass is 35.5. The fourth-order valence-electron chi connectivity index (χ4n) is 2.69. The Bertz CT molecular complexity index is 1090. The Morgan fingerprint density at radius 1 is 1.14 bits per heavy atom. The number of rotatable bonds is 6. The van der Waals surface area contributed by atoms with Gasteiger partial charge in [0.15, 0.2) is 11.4 Å². The Morgan fingerprint density at radius 3 is 2.48 bits per heavy atom. The van der Waals surface area contributed by atoms with Crippen LogP contribution in [0.5, 0.6) is 11.5 Å². The lowest BCUT2D eigenvalue weighted by atomic mass is 10.2. The van der Waals surface area contributed by atoms with Gasteiger partial charge in [-0.2, -0.15) is 5.10 Å². The van der Waals surface area contributed by atoms with Gasteiger partial charge in [-0.3, -0.25) is 9.59 Å². The number of anilines is 2. The van der Waals surface area contributed by atoms with Crippen molar-refractivity contribution in [3.8, 4) is 11.5 Å². The number of hydrogen-bond acceptors (Lipinski definition) is 5. The molecule has 1 aliphatic rings. The van der Waals surface area contributed by atoms with E-state index in [0.717, 1.165) is 12.8 Å². The van der Waals surface area contributed by atoms with Crippen LogP contribution in [-0.4, -0.2) is 21.7 Å². The van der Waals surface area contributed by atoms with Crippen LogP contribution in [-0.2, 0) is 7.05 Å². The lowest BCUT2D eigenvalue weighted by molar-refractivity contribution is 0.0951. The van der Waals surface area contributed by atoms with Crippen molar-refractivity contribution in [2.75, 3.05) is 5.32 Å². The highest BCUT2D eigenvalue weighted by molar-refractivity contribution is 6.30. The van der Waals surface area contributed by atoms with Crippen molar-refractivity contribution in [2.24, 2.45) is 7.05 Å². The predicted molar refractivity (Wildman–Crippen MR) is 111 cm³/mol. The molecular formula is C21H19ClN4O3. The van der Waals surface area contributed by atoms with Crippen LogP contribution in [0.2, 0.25) is 5.02 Å². The first kappa shape index (κ1) is 19.0. The standard InChI is InChI=1S/C21H19ClN4O3/c1-26-21(28)19(18(12-23-26)29-17-10-4-14(22)5-11-17)24-15-6-2-13(3-7-15)20(27)25-16-8-9-16/h2-7,10-12,16,24H,8-9H2,1H3,(H,25,27). The van der Waals surface area contributed by atoms with Crippen molar-refractivity contribution in [1.29, 1.82) is 0 Å². The van der Waals surface area contributed by atoms with Crippen LogP contribution in [0.15, 0.2) is 59.5 Å². The molecule has 1 aliphatic carbocycles. The van der Waals surface area contributed by atoms with Crippen molar-refractivity contribution in [3.63, 3.8) is 0 Å². The maximum absolute atomic E-state index is 12.6. The van der Waals surface area contributed by atoms with Gasteiger partial charge in [-0.15, -0.1) is 0 Å². The van der Waals surface area contributed by atoms with Crippen molar-refractivity contribution >= 4 is 28.9 Å². The Labute approximate surface area is 172 Å². The van der Waals surface area contributed by atoms with E-state index in [-0.39, 0.29) is 22.9 Å². The van der Waals surface area contributed by atoms with Crippen LogP contribution in [0.25, 0.3) is 0 Å². The second-order valence-electron chi connectivity index (χ2n) is 6.82. The fraction of sp³-hybridized carbons (Fsp3) is 0.190. The zero-order valence-corrected chi connectivity index (χ0v) is 16.4. The second kappa shape index (κ2) is 7.97. The summed E-state index contributed by atoms with van der Waals surface area (Å²) in [6.45, 7) is 0. The average Bonchev–Trinajstić information content (AvgIpc) is 3.53. The summed E-state index contributed by atoms with van der Waals surface area (Å²) < 4.78 is 7.04. The van der Waals surface area contributed by atoms with Crippen molar-refractivity contribution in [2.45, 2.75) is 18.9 Å². The molecule has 7 nitrogen and oxygen atoms in total. The van der Waals surface area contributed by atoms with Gasteiger partial charge in [0.2, 0.25) is 0 Å². The quantitative estimate of drug-likeness (QED) is 0.644. The number of aryl methyl sites for hydroxylation is 1. The number of halogens is 1. The smallest absolute Gasteiger partial charge is 0.294 e. The van der Waals surface area contributed by atoms with E-state index in [4.69, 9.17) is 16.3 Å². The SMILES string of the molecule is Cn1ncc(Oc2ccc(Cl)cc2)c(Nc2ccc(C(=O)NC3CC3)cc2)c1=O. The summed E-state index contributed by atoms with van der Waals surface area (Å²) in [6, 6.07) is 14.0. The average molecular weight is 411 g/mol. The van der Waals surface area contributed by atoms with Gasteiger partial charge < -0.3 is 15.4 Å². The molecule has 2 N–H and O–H groups in total. The third kappa shape index (κ3) is 4.57. The molecule has 1 heterocycles. The largest absolute Gasteiger partial charge is 0.453 e. The highest BCUT2D eigenvalue weighted by Gasteiger charge is 2.23. The van der Waals surface area contributed by atoms with Crippen LogP contribution in [0, 0.1) is 0 Å². The van der Waals surface area contributed by atoms with E-state index < -0.39 is 0 Å². The lowest BCUT2D eigenvalue weighted by Gasteiger charge is -2.13. The topological polar surface area (TPSA) is 85.2 Å². The van der Waals surface area contributed by atoms with Gasteiger partial charge in [0.05, 0.1) is 6.20 Å². The van der Waals surface area contributed by atoms with E-state index in [1.807, 2.05) is 0 Å². The number of carbonyl (C=O) groups is 1. The van der Waals surface area contributed by atoms with Crippen LogP contribution in [0.3, 0.4) is 0 Å². The number of nitrogens with zero attached hydrogens (tertiary/aromatic N) is 2. The summed E-state index contributed by atoms with van der Waals surface area (Å²) in [6.07, 6.45) is 3.54. The van der Waals surface area contributed by atoms with Gasteiger partial charge in [0.25, 0.3) is 11.5 Å². The monoisotopic (exact) mass is 410 g/mol. The number of nitrogens with one attached hydrogen (secondary N) is 2. The summed E-state index contributed by atoms with van der Waals surface area (Å²) in [4.78, 5) is 24.7. The van der Waals surface area contributed by atoms with E-state index >= 15 is 0 Å². The van der Waals surface area contributed by atoms with E-state index in [2.05, 4.69) is 15.7 Å². The van der Waals surface area contributed by atoms with Gasteiger partial charge >= 0.3 is 0 Å². The van der Waals surface area contributed by atoms with E-state index in [9.17, 15) is 9.59 Å². The predicted octanol–water partition coefficient (Wildman–Crippen LogP) is 3.86. The zero-order chi connectivity index (χ0) is 20.4. The van der Waals surface area contributed by atoms with Crippen molar-refractivity contribution in [3.05, 3.63) is 75.7 Å². The minimum atomic E-state index is -0.341. The second-order valence-corrected chi connectivity index (χ2v) is 7.26. The third-order valence-electron chi connectivity index (χ3n) is 4.47. The van der Waals surface area contributed by atoms with E-state index in [1.165, 1.54) is 10.9 Å². The minimum absolute atomic E-state index is 0.0920. The molecular weight excluding hydrogens is 392 g/mol. The summed E-state index contributed by atoms with van der Waals surface area (Å²) >= 11 is 5.90. The number of carbonyl (C=O) groups excluding carboxylic acids is 1. The van der Waals surface area contributed by atoms with Gasteiger partial charge in [-0.1, -0.05) is 11.6 Å². The summed E-state index contributed by atoms with van der Waals surface area (Å²) in [5, 5.41) is 10.6. The first-order valence-corrected chi connectivity index (χ1v) is 9.55. The van der Waals surface area contributed by atoms with Crippen molar-refractivity contribution in [1.82, 2.24) is 15.1 Å². The molecule has 0 aliphatic heterocycles. The number of aromatic nitrogens is 2. The Morgan fingerprint density at radius 2 is 1.83 bits per heavy atom. The summed E-state index contributed by atoms with van der Waals surface area (Å²) in [7, 11) is 1.56. The normalized spacial score (nSPS) is 13.0. The van der Waals surface area contributed by atoms with Crippen LogP contribution >= 0.6 is 11.6 Å². The minimum Gasteiger partial charge on any atom is -0.453 e. The maximum Gasteiger partial charge on any atom is 0.294 e. The Hall–Kier alpha value is -3.32. The van der Waals surface area contributed by atoms with Crippen LogP contribution < -0.4 is 20.9 Å². The third-order valence-corrected chi connectivity index (χ3v) is 4.72. The molecule has 1 fully saturated rings. The lowest BCUT2D eigenvalue weighted by Crippen LogP contribution is -2.25. The van der Waals surface area contributed by atoms with Crippen LogP contribution in [0.1, 0.15) is 23.2 Å². The molecule has 2 aromatic carbocycles. The number of benzene rings is 2. The Balaban J connectivity index is 1.57. The van der Waals surface area contributed by atoms with Gasteiger partial charge in [0, 0.05) is 29.4 Å². The molecule has 1 saturated carbocycles. The number of amides is 1. The molecule has 0 radical (unpaired) electrons. The summed E-state index contributed by atoms with van der Waals surface area (Å²) in [5.74, 6) is 0.719. The molecule has 0 spiro atoms. The highest BCUT2D eigenvalue weighted by Crippen LogP contribution is 2.29. The molecule has 0 bridgehead atoms. The maximum atomic E-state index is 12.6. The Kier molecular flexibility index (Phi) is 5.22. The van der Waals surface area contributed by atoms with Crippen LogP contribution in [0.4, 0.5) is 11.4 Å². The molecule has 0 unspecified atom stereocenters. The molecule has 3 aromatic rings. The van der Waals surface area contributed by atoms with Gasteiger partial charge in [-0.25, -0.2) is 4.68 Å². The first-order valence-electron chi connectivity index (χ1n) is 9.17. The molecule has 4 rings (SSSR count). The fourth-order valence-corrected chi connectivity index (χ4v) is 2.82. The number of hydrogen-bond donors (Lipinski definition) is 2. The molecule has 1 aromatic heterocycles. The molecule has 29 heavy (non-hydrogen) atoms. The van der Waals surface area contributed by atoms with Crippen molar-refractivity contribution < 1.29 is 9.53 Å². The summed E-state index contributed by atoms with van der Waals surface area (Å²) in [5.41, 5.74) is 1.12. The zero-order valence-electron chi connectivity index (χ0n) is 15.7. The molecule has 0 saturated heterocycles. The van der Waals surface area contributed by atoms with E-state index in [1.54, 1.807) is 55.6 Å². The van der Waals surface area contributed by atoms with Gasteiger partial charge in [-0.05, 0) is 61.4 Å². The molecule has 1 amide bonds. The molecule has 8 heteroatoms. The number of ether oxygens (including phenoxy) is 1. The molecule has 148 valence electrons. The van der Waals surface area contributed by atoms with Gasteiger partial charge in [0.1, 0.15) is 5.75 Å². The molecule has 0 atom stereocenters. The van der Waals surface area contributed by atoms with E-state index in [0.29, 0.717) is 28.1 Å².